The third-order valence-corrected chi connectivity index (χ3v) is 2.18. The lowest BCUT2D eigenvalue weighted by Crippen LogP contribution is -2.42. The summed E-state index contributed by atoms with van der Waals surface area (Å²) in [5, 5.41) is 2.59. The number of carbonyl (C=O) groups excluding carboxylic acids is 1. The van der Waals surface area contributed by atoms with E-state index >= 15 is 0 Å². The number of nitrogens with two attached hydrogens (primary N) is 1. The van der Waals surface area contributed by atoms with Crippen molar-refractivity contribution in [3.8, 4) is 0 Å². The maximum atomic E-state index is 11.6. The van der Waals surface area contributed by atoms with Gasteiger partial charge in [0.25, 0.3) is 11.5 Å². The zero-order valence-electron chi connectivity index (χ0n) is 8.87. The van der Waals surface area contributed by atoms with Crippen LogP contribution in [0.5, 0.6) is 0 Å². The predicted molar refractivity (Wildman–Crippen MR) is 58.3 cm³/mol. The van der Waals surface area contributed by atoms with Crippen molar-refractivity contribution in [2.75, 3.05) is 6.54 Å². The molecule has 0 saturated carbocycles. The van der Waals surface area contributed by atoms with Gasteiger partial charge in [-0.2, -0.15) is 0 Å². The molecule has 0 bridgehead atoms. The van der Waals surface area contributed by atoms with Gasteiger partial charge in [0.2, 0.25) is 0 Å². The van der Waals surface area contributed by atoms with Gasteiger partial charge in [0.05, 0.1) is 0 Å². The van der Waals surface area contributed by atoms with Crippen molar-refractivity contribution in [1.82, 2.24) is 15.3 Å². The third kappa shape index (κ3) is 2.80. The Labute approximate surface area is 91.1 Å². The van der Waals surface area contributed by atoms with Crippen LogP contribution in [0.1, 0.15) is 23.7 Å². The van der Waals surface area contributed by atoms with Gasteiger partial charge >= 0.3 is 5.69 Å². The number of amides is 1. The molecule has 0 fully saturated rings. The number of rotatable bonds is 4. The highest BCUT2D eigenvalue weighted by Gasteiger charge is 2.14. The van der Waals surface area contributed by atoms with E-state index in [9.17, 15) is 14.4 Å². The average Bonchev–Trinajstić information content (AvgIpc) is 2.25. The summed E-state index contributed by atoms with van der Waals surface area (Å²) in [6.45, 7) is 2.17. The van der Waals surface area contributed by atoms with Crippen LogP contribution < -0.4 is 22.3 Å². The first-order chi connectivity index (χ1) is 7.58. The quantitative estimate of drug-likeness (QED) is 0.500. The van der Waals surface area contributed by atoms with Gasteiger partial charge in [-0.3, -0.25) is 14.6 Å². The smallest absolute Gasteiger partial charge is 0.325 e. The average molecular weight is 226 g/mol. The van der Waals surface area contributed by atoms with Crippen LogP contribution >= 0.6 is 0 Å². The first kappa shape index (κ1) is 12.2. The molecule has 0 aromatic carbocycles. The summed E-state index contributed by atoms with van der Waals surface area (Å²) in [4.78, 5) is 37.8. The second-order valence-electron chi connectivity index (χ2n) is 3.30. The van der Waals surface area contributed by atoms with Crippen LogP contribution in [-0.4, -0.2) is 28.5 Å². The van der Waals surface area contributed by atoms with Gasteiger partial charge in [-0.1, -0.05) is 6.92 Å². The first-order valence-corrected chi connectivity index (χ1v) is 4.91. The fourth-order valence-corrected chi connectivity index (χ4v) is 1.17. The molecule has 1 rings (SSSR count). The van der Waals surface area contributed by atoms with Crippen LogP contribution in [0, 0.1) is 0 Å². The molecule has 0 spiro atoms. The van der Waals surface area contributed by atoms with Crippen molar-refractivity contribution in [2.45, 2.75) is 19.4 Å². The maximum Gasteiger partial charge on any atom is 0.325 e. The van der Waals surface area contributed by atoms with Crippen molar-refractivity contribution < 1.29 is 4.79 Å². The molecule has 1 amide bonds. The van der Waals surface area contributed by atoms with Gasteiger partial charge in [0.15, 0.2) is 0 Å². The summed E-state index contributed by atoms with van der Waals surface area (Å²) in [7, 11) is 0. The molecular formula is C9H14N4O3. The standard InChI is InChI=1S/C9H14N4O3/c1-2-5(3-10)12-7(14)6-4-11-9(16)13-8(6)15/h4-5H,2-3,10H2,1H3,(H,12,14)(H2,11,13,15,16). The Morgan fingerprint density at radius 2 is 2.25 bits per heavy atom. The Morgan fingerprint density at radius 3 is 2.75 bits per heavy atom. The Bertz CT molecular complexity index is 472. The van der Waals surface area contributed by atoms with Gasteiger partial charge in [-0.05, 0) is 6.42 Å². The summed E-state index contributed by atoms with van der Waals surface area (Å²) in [5.74, 6) is -0.546. The molecule has 1 aromatic rings. The van der Waals surface area contributed by atoms with Crippen molar-refractivity contribution in [1.29, 1.82) is 0 Å². The molecule has 0 aliphatic carbocycles. The molecule has 0 saturated heterocycles. The largest absolute Gasteiger partial charge is 0.348 e. The fraction of sp³-hybridized carbons (Fsp3) is 0.444. The Morgan fingerprint density at radius 1 is 1.56 bits per heavy atom. The summed E-state index contributed by atoms with van der Waals surface area (Å²) >= 11 is 0. The molecule has 7 nitrogen and oxygen atoms in total. The minimum absolute atomic E-state index is 0.133. The number of hydrogen-bond acceptors (Lipinski definition) is 4. The van der Waals surface area contributed by atoms with Gasteiger partial charge in [0, 0.05) is 18.8 Å². The summed E-state index contributed by atoms with van der Waals surface area (Å²) < 4.78 is 0. The lowest BCUT2D eigenvalue weighted by atomic mass is 10.2. The monoisotopic (exact) mass is 226 g/mol. The van der Waals surface area contributed by atoms with Crippen LogP contribution in [-0.2, 0) is 0 Å². The normalized spacial score (nSPS) is 12.1. The van der Waals surface area contributed by atoms with Crippen molar-refractivity contribution in [2.24, 2.45) is 5.73 Å². The molecule has 0 aliphatic heterocycles. The van der Waals surface area contributed by atoms with Gasteiger partial charge < -0.3 is 16.0 Å². The number of nitrogens with one attached hydrogen (secondary N) is 3. The molecule has 16 heavy (non-hydrogen) atoms. The van der Waals surface area contributed by atoms with Gasteiger partial charge in [-0.25, -0.2) is 4.79 Å². The van der Waals surface area contributed by atoms with E-state index in [2.05, 4.69) is 10.3 Å². The van der Waals surface area contributed by atoms with Crippen LogP contribution in [0.15, 0.2) is 15.8 Å². The van der Waals surface area contributed by atoms with Crippen molar-refractivity contribution in [3.63, 3.8) is 0 Å². The number of H-pyrrole nitrogens is 2. The number of aromatic amines is 2. The lowest BCUT2D eigenvalue weighted by Gasteiger charge is -2.13. The molecule has 1 heterocycles. The van der Waals surface area contributed by atoms with E-state index in [0.717, 1.165) is 6.20 Å². The molecule has 7 heteroatoms. The molecular weight excluding hydrogens is 212 g/mol. The highest BCUT2D eigenvalue weighted by Crippen LogP contribution is 1.91. The van der Waals surface area contributed by atoms with Crippen LogP contribution in [0.3, 0.4) is 0 Å². The fourth-order valence-electron chi connectivity index (χ4n) is 1.17. The molecule has 5 N–H and O–H groups in total. The first-order valence-electron chi connectivity index (χ1n) is 4.91. The third-order valence-electron chi connectivity index (χ3n) is 2.18. The summed E-state index contributed by atoms with van der Waals surface area (Å²) in [6, 6.07) is -0.182. The Kier molecular flexibility index (Phi) is 4.01. The molecule has 1 atom stereocenters. The van der Waals surface area contributed by atoms with E-state index in [-0.39, 0.29) is 11.6 Å². The van der Waals surface area contributed by atoms with E-state index in [1.807, 2.05) is 11.9 Å². The van der Waals surface area contributed by atoms with Crippen molar-refractivity contribution in [3.05, 3.63) is 32.6 Å². The van der Waals surface area contributed by atoms with Gasteiger partial charge in [-0.15, -0.1) is 0 Å². The van der Waals surface area contributed by atoms with E-state index in [1.165, 1.54) is 0 Å². The molecule has 0 radical (unpaired) electrons. The van der Waals surface area contributed by atoms with Gasteiger partial charge in [0.1, 0.15) is 5.56 Å². The molecule has 1 aromatic heterocycles. The minimum atomic E-state index is -0.715. The van der Waals surface area contributed by atoms with E-state index in [0.29, 0.717) is 13.0 Å². The predicted octanol–water partition coefficient (Wildman–Crippen LogP) is -1.47. The topological polar surface area (TPSA) is 121 Å². The molecule has 88 valence electrons. The zero-order chi connectivity index (χ0) is 12.1. The maximum absolute atomic E-state index is 11.6. The van der Waals surface area contributed by atoms with Crippen LogP contribution in [0.25, 0.3) is 0 Å². The SMILES string of the molecule is CCC(CN)NC(=O)c1c[nH]c(=O)[nH]c1=O. The Balaban J connectivity index is 2.89. The molecule has 1 unspecified atom stereocenters. The number of carbonyl (C=O) groups is 1. The highest BCUT2D eigenvalue weighted by atomic mass is 16.2. The van der Waals surface area contributed by atoms with Crippen LogP contribution in [0.2, 0.25) is 0 Å². The van der Waals surface area contributed by atoms with Crippen LogP contribution in [0.4, 0.5) is 0 Å². The second kappa shape index (κ2) is 5.26. The number of aromatic nitrogens is 2. The summed E-state index contributed by atoms with van der Waals surface area (Å²) in [5.41, 5.74) is 3.92. The van der Waals surface area contributed by atoms with Crippen molar-refractivity contribution >= 4 is 5.91 Å². The van der Waals surface area contributed by atoms with E-state index in [1.54, 1.807) is 0 Å². The highest BCUT2D eigenvalue weighted by molar-refractivity contribution is 5.93. The summed E-state index contributed by atoms with van der Waals surface area (Å²) in [6.07, 6.45) is 1.75. The van der Waals surface area contributed by atoms with E-state index < -0.39 is 17.2 Å². The van der Waals surface area contributed by atoms with E-state index in [4.69, 9.17) is 5.73 Å². The molecule has 0 aliphatic rings. The second-order valence-corrected chi connectivity index (χ2v) is 3.30. The number of hydrogen-bond donors (Lipinski definition) is 4. The minimum Gasteiger partial charge on any atom is -0.348 e. The Hall–Kier alpha value is -1.89. The lowest BCUT2D eigenvalue weighted by molar-refractivity contribution is 0.0935. The zero-order valence-corrected chi connectivity index (χ0v) is 8.87.